The fraction of sp³-hybridized carbons (Fsp3) is 0.105. The number of benzene rings is 2. The molecular weight excluding hydrogens is 407 g/mol. The average Bonchev–Trinajstić information content (AvgIpc) is 2.92. The Bertz CT molecular complexity index is 971. The number of carboxylic acids is 1. The number of hydrogen-bond donors (Lipinski definition) is 1. The summed E-state index contributed by atoms with van der Waals surface area (Å²) in [6.07, 6.45) is 1.71. The van der Waals surface area contributed by atoms with Crippen molar-refractivity contribution in [3.05, 3.63) is 68.5 Å². The van der Waals surface area contributed by atoms with E-state index < -0.39 is 5.97 Å². The standard InChI is InChI=1S/C19H14Cl2N2O3S/c1-2-23-17(24)16(9-12-3-6-13(20)10-15(12)21)27-19(23)22-14-7-4-11(5-8-14)18(25)26/h3-10H,2H2,1H3,(H,25,26)/b16-9-,22-19?. The molecule has 27 heavy (non-hydrogen) atoms. The number of aliphatic imine (C=N–C) groups is 1. The highest BCUT2D eigenvalue weighted by Gasteiger charge is 2.32. The Balaban J connectivity index is 1.92. The van der Waals surface area contributed by atoms with Crippen LogP contribution < -0.4 is 0 Å². The minimum Gasteiger partial charge on any atom is -0.478 e. The Morgan fingerprint density at radius 2 is 1.93 bits per heavy atom. The Labute approximate surface area is 170 Å². The minimum atomic E-state index is -1.00. The van der Waals surface area contributed by atoms with Crippen molar-refractivity contribution in [3.8, 4) is 0 Å². The van der Waals surface area contributed by atoms with E-state index in [2.05, 4.69) is 4.99 Å². The van der Waals surface area contributed by atoms with E-state index in [1.165, 1.54) is 23.9 Å². The minimum absolute atomic E-state index is 0.158. The highest BCUT2D eigenvalue weighted by molar-refractivity contribution is 8.18. The summed E-state index contributed by atoms with van der Waals surface area (Å²) in [4.78, 5) is 30.2. The van der Waals surface area contributed by atoms with Gasteiger partial charge in [-0.25, -0.2) is 9.79 Å². The molecule has 5 nitrogen and oxygen atoms in total. The normalized spacial score (nSPS) is 17.1. The van der Waals surface area contributed by atoms with Gasteiger partial charge in [-0.1, -0.05) is 29.3 Å². The van der Waals surface area contributed by atoms with Crippen LogP contribution in [0.3, 0.4) is 0 Å². The Morgan fingerprint density at radius 1 is 1.22 bits per heavy atom. The number of carbonyl (C=O) groups excluding carboxylic acids is 1. The van der Waals surface area contributed by atoms with Gasteiger partial charge < -0.3 is 5.11 Å². The molecule has 0 atom stereocenters. The molecule has 1 aliphatic heterocycles. The first-order valence-electron chi connectivity index (χ1n) is 7.97. The van der Waals surface area contributed by atoms with Gasteiger partial charge in [0.05, 0.1) is 16.2 Å². The molecule has 3 rings (SSSR count). The lowest BCUT2D eigenvalue weighted by molar-refractivity contribution is -0.122. The van der Waals surface area contributed by atoms with Crippen molar-refractivity contribution in [1.82, 2.24) is 4.90 Å². The van der Waals surface area contributed by atoms with Crippen molar-refractivity contribution in [2.24, 2.45) is 4.99 Å². The number of nitrogens with zero attached hydrogens (tertiary/aromatic N) is 2. The number of hydrogen-bond acceptors (Lipinski definition) is 4. The van der Waals surface area contributed by atoms with Gasteiger partial charge >= 0.3 is 5.97 Å². The zero-order valence-corrected chi connectivity index (χ0v) is 16.5. The number of thioether (sulfide) groups is 1. The van der Waals surface area contributed by atoms with Crippen molar-refractivity contribution >= 4 is 63.8 Å². The molecular formula is C19H14Cl2N2O3S. The molecule has 1 fully saturated rings. The molecule has 0 unspecified atom stereocenters. The van der Waals surface area contributed by atoms with Crippen LogP contribution in [-0.4, -0.2) is 33.6 Å². The Morgan fingerprint density at radius 3 is 2.52 bits per heavy atom. The quantitative estimate of drug-likeness (QED) is 0.679. The van der Waals surface area contributed by atoms with Gasteiger partial charge in [0.15, 0.2) is 5.17 Å². The monoisotopic (exact) mass is 420 g/mol. The average molecular weight is 421 g/mol. The van der Waals surface area contributed by atoms with E-state index in [0.717, 1.165) is 0 Å². The lowest BCUT2D eigenvalue weighted by Gasteiger charge is -2.12. The van der Waals surface area contributed by atoms with Crippen LogP contribution in [0, 0.1) is 0 Å². The summed E-state index contributed by atoms with van der Waals surface area (Å²) in [6, 6.07) is 11.2. The van der Waals surface area contributed by atoms with Crippen molar-refractivity contribution in [1.29, 1.82) is 0 Å². The second-order valence-electron chi connectivity index (χ2n) is 5.57. The summed E-state index contributed by atoms with van der Waals surface area (Å²) < 4.78 is 0. The number of aromatic carboxylic acids is 1. The third-order valence-electron chi connectivity index (χ3n) is 3.79. The van der Waals surface area contributed by atoms with E-state index in [4.69, 9.17) is 28.3 Å². The summed E-state index contributed by atoms with van der Waals surface area (Å²) in [5, 5.41) is 10.5. The molecule has 0 spiro atoms. The van der Waals surface area contributed by atoms with Crippen molar-refractivity contribution in [2.75, 3.05) is 6.54 Å². The molecule has 0 radical (unpaired) electrons. The lowest BCUT2D eigenvalue weighted by Crippen LogP contribution is -2.28. The predicted molar refractivity (Wildman–Crippen MR) is 110 cm³/mol. The molecule has 8 heteroatoms. The summed E-state index contributed by atoms with van der Waals surface area (Å²) in [7, 11) is 0. The van der Waals surface area contributed by atoms with Gasteiger partial charge in [-0.2, -0.15) is 0 Å². The van der Waals surface area contributed by atoms with Crippen LogP contribution in [0.25, 0.3) is 6.08 Å². The maximum atomic E-state index is 12.7. The summed E-state index contributed by atoms with van der Waals surface area (Å²) >= 11 is 13.3. The maximum absolute atomic E-state index is 12.7. The molecule has 1 amide bonds. The van der Waals surface area contributed by atoms with Gasteiger partial charge in [0.2, 0.25) is 0 Å². The van der Waals surface area contributed by atoms with Crippen LogP contribution in [0.1, 0.15) is 22.8 Å². The number of amidine groups is 1. The number of carboxylic acid groups (broad SMARTS) is 1. The highest BCUT2D eigenvalue weighted by atomic mass is 35.5. The second kappa shape index (κ2) is 8.17. The number of likely N-dealkylation sites (N-methyl/N-ethyl adjacent to an activating group) is 1. The van der Waals surface area contributed by atoms with Gasteiger partial charge in [-0.05, 0) is 66.7 Å². The summed E-state index contributed by atoms with van der Waals surface area (Å²) in [5.74, 6) is -1.16. The van der Waals surface area contributed by atoms with Crippen LogP contribution in [0.2, 0.25) is 10.0 Å². The van der Waals surface area contributed by atoms with E-state index in [-0.39, 0.29) is 11.5 Å². The fourth-order valence-electron chi connectivity index (χ4n) is 2.42. The SMILES string of the molecule is CCN1C(=O)/C(=C/c2ccc(Cl)cc2Cl)SC1=Nc1ccc(C(=O)O)cc1. The Kier molecular flexibility index (Phi) is 5.89. The maximum Gasteiger partial charge on any atom is 0.335 e. The van der Waals surface area contributed by atoms with Gasteiger partial charge in [0.25, 0.3) is 5.91 Å². The second-order valence-corrected chi connectivity index (χ2v) is 7.43. The molecule has 138 valence electrons. The smallest absolute Gasteiger partial charge is 0.335 e. The molecule has 0 aliphatic carbocycles. The Hall–Kier alpha value is -2.28. The molecule has 2 aromatic carbocycles. The number of rotatable bonds is 4. The molecule has 0 bridgehead atoms. The summed E-state index contributed by atoms with van der Waals surface area (Å²) in [6.45, 7) is 2.32. The lowest BCUT2D eigenvalue weighted by atomic mass is 10.2. The third kappa shape index (κ3) is 4.35. The molecule has 0 saturated carbocycles. The molecule has 1 heterocycles. The zero-order valence-electron chi connectivity index (χ0n) is 14.1. The van der Waals surface area contributed by atoms with Gasteiger partial charge in [-0.15, -0.1) is 0 Å². The van der Waals surface area contributed by atoms with E-state index in [1.54, 1.807) is 41.3 Å². The van der Waals surface area contributed by atoms with Gasteiger partial charge in [-0.3, -0.25) is 9.69 Å². The van der Waals surface area contributed by atoms with E-state index in [1.807, 2.05) is 6.92 Å². The van der Waals surface area contributed by atoms with Crippen molar-refractivity contribution in [2.45, 2.75) is 6.92 Å². The highest BCUT2D eigenvalue weighted by Crippen LogP contribution is 2.35. The largest absolute Gasteiger partial charge is 0.478 e. The zero-order chi connectivity index (χ0) is 19.6. The van der Waals surface area contributed by atoms with Crippen molar-refractivity contribution < 1.29 is 14.7 Å². The van der Waals surface area contributed by atoms with Crippen LogP contribution in [0.5, 0.6) is 0 Å². The fourth-order valence-corrected chi connectivity index (χ4v) is 3.94. The third-order valence-corrected chi connectivity index (χ3v) is 5.36. The summed E-state index contributed by atoms with van der Waals surface area (Å²) in [5.41, 5.74) is 1.44. The first-order valence-corrected chi connectivity index (χ1v) is 9.55. The van der Waals surface area contributed by atoms with Crippen LogP contribution in [-0.2, 0) is 4.79 Å². The predicted octanol–water partition coefficient (Wildman–Crippen LogP) is 5.32. The van der Waals surface area contributed by atoms with Crippen LogP contribution in [0.4, 0.5) is 5.69 Å². The molecule has 2 aromatic rings. The first-order chi connectivity index (χ1) is 12.9. The van der Waals surface area contributed by atoms with Crippen LogP contribution in [0.15, 0.2) is 52.4 Å². The molecule has 1 N–H and O–H groups in total. The molecule has 1 saturated heterocycles. The molecule has 0 aromatic heterocycles. The molecule has 1 aliphatic rings. The van der Waals surface area contributed by atoms with Gasteiger partial charge in [0.1, 0.15) is 0 Å². The van der Waals surface area contributed by atoms with Gasteiger partial charge in [0, 0.05) is 16.6 Å². The van der Waals surface area contributed by atoms with Crippen LogP contribution >= 0.6 is 35.0 Å². The van der Waals surface area contributed by atoms with E-state index >= 15 is 0 Å². The van der Waals surface area contributed by atoms with Crippen molar-refractivity contribution in [3.63, 3.8) is 0 Å². The first kappa shape index (κ1) is 19.5. The van der Waals surface area contributed by atoms with E-state index in [9.17, 15) is 9.59 Å². The number of halogens is 2. The number of carbonyl (C=O) groups is 2. The van der Waals surface area contributed by atoms with E-state index in [0.29, 0.717) is 37.9 Å². The topological polar surface area (TPSA) is 70.0 Å². The number of amides is 1.